The topological polar surface area (TPSA) is 85.7 Å². The van der Waals surface area contributed by atoms with Gasteiger partial charge in [0.1, 0.15) is 0 Å². The van der Waals surface area contributed by atoms with Crippen molar-refractivity contribution in [2.75, 3.05) is 19.6 Å². The zero-order chi connectivity index (χ0) is 15.7. The van der Waals surface area contributed by atoms with Gasteiger partial charge in [0.25, 0.3) is 0 Å². The highest BCUT2D eigenvalue weighted by Gasteiger charge is 2.16. The van der Waals surface area contributed by atoms with Crippen LogP contribution in [0, 0.1) is 0 Å². The first-order chi connectivity index (χ1) is 9.99. The molecule has 0 aliphatic heterocycles. The van der Waals surface area contributed by atoms with Gasteiger partial charge in [0.15, 0.2) is 0 Å². The van der Waals surface area contributed by atoms with E-state index in [9.17, 15) is 15.0 Å². The molecule has 21 heavy (non-hydrogen) atoms. The number of carbonyl (C=O) groups is 1. The lowest BCUT2D eigenvalue weighted by Gasteiger charge is -2.25. The molecule has 2 unspecified atom stereocenters. The molecule has 2 atom stereocenters. The number of amides is 2. The van der Waals surface area contributed by atoms with E-state index in [4.69, 9.17) is 0 Å². The molecule has 0 radical (unpaired) electrons. The van der Waals surface area contributed by atoms with Crippen molar-refractivity contribution in [1.29, 1.82) is 0 Å². The molecule has 2 amide bonds. The molecule has 1 aromatic heterocycles. The van der Waals surface area contributed by atoms with Crippen molar-refractivity contribution in [2.45, 2.75) is 38.9 Å². The van der Waals surface area contributed by atoms with Gasteiger partial charge >= 0.3 is 6.03 Å². The first-order valence-electron chi connectivity index (χ1n) is 7.27. The van der Waals surface area contributed by atoms with Crippen LogP contribution in [0.5, 0.6) is 0 Å². The standard InChI is InChI=1S/C15H25N3O3/c1-12(19)10-18(11-13(2)20)15(21)17-7-3-4-14-5-8-16-9-6-14/h5-6,8-9,12-13,19-20H,3-4,7,10-11H2,1-2H3,(H,17,21). The van der Waals surface area contributed by atoms with Crippen molar-refractivity contribution in [3.8, 4) is 0 Å². The fourth-order valence-corrected chi connectivity index (χ4v) is 2.03. The molecule has 6 nitrogen and oxygen atoms in total. The third-order valence-electron chi connectivity index (χ3n) is 2.92. The van der Waals surface area contributed by atoms with E-state index < -0.39 is 12.2 Å². The third kappa shape index (κ3) is 7.63. The molecule has 0 fully saturated rings. The smallest absolute Gasteiger partial charge is 0.317 e. The second-order valence-electron chi connectivity index (χ2n) is 5.29. The average Bonchev–Trinajstić information content (AvgIpc) is 2.43. The number of aromatic nitrogens is 1. The molecule has 118 valence electrons. The highest BCUT2D eigenvalue weighted by atomic mass is 16.3. The summed E-state index contributed by atoms with van der Waals surface area (Å²) in [6.45, 7) is 4.21. The van der Waals surface area contributed by atoms with Crippen LogP contribution in [0.1, 0.15) is 25.8 Å². The van der Waals surface area contributed by atoms with E-state index in [1.165, 1.54) is 10.5 Å². The van der Waals surface area contributed by atoms with Crippen LogP contribution in [-0.2, 0) is 6.42 Å². The van der Waals surface area contributed by atoms with Crippen molar-refractivity contribution >= 4 is 6.03 Å². The van der Waals surface area contributed by atoms with E-state index in [1.807, 2.05) is 12.1 Å². The number of hydrogen-bond acceptors (Lipinski definition) is 4. The Balaban J connectivity index is 2.32. The van der Waals surface area contributed by atoms with Gasteiger partial charge in [-0.3, -0.25) is 4.98 Å². The lowest BCUT2D eigenvalue weighted by Crippen LogP contribution is -2.46. The summed E-state index contributed by atoms with van der Waals surface area (Å²) >= 11 is 0. The Morgan fingerprint density at radius 1 is 1.24 bits per heavy atom. The van der Waals surface area contributed by atoms with Crippen LogP contribution < -0.4 is 5.32 Å². The van der Waals surface area contributed by atoms with Crippen LogP contribution in [0.3, 0.4) is 0 Å². The zero-order valence-electron chi connectivity index (χ0n) is 12.7. The number of carbonyl (C=O) groups excluding carboxylic acids is 1. The Bertz CT molecular complexity index is 400. The van der Waals surface area contributed by atoms with Gasteiger partial charge in [-0.25, -0.2) is 4.79 Å². The molecule has 6 heteroatoms. The maximum Gasteiger partial charge on any atom is 0.317 e. The third-order valence-corrected chi connectivity index (χ3v) is 2.92. The fourth-order valence-electron chi connectivity index (χ4n) is 2.03. The maximum atomic E-state index is 12.0. The number of nitrogens with zero attached hydrogens (tertiary/aromatic N) is 2. The molecule has 1 heterocycles. The highest BCUT2D eigenvalue weighted by molar-refractivity contribution is 5.74. The van der Waals surface area contributed by atoms with Gasteiger partial charge in [0.05, 0.1) is 12.2 Å². The number of aliphatic hydroxyl groups is 2. The van der Waals surface area contributed by atoms with Gasteiger partial charge in [-0.05, 0) is 44.4 Å². The second kappa shape index (κ2) is 9.31. The largest absolute Gasteiger partial charge is 0.392 e. The van der Waals surface area contributed by atoms with Crippen LogP contribution in [0.4, 0.5) is 4.79 Å². The van der Waals surface area contributed by atoms with Gasteiger partial charge in [-0.2, -0.15) is 0 Å². The molecule has 0 bridgehead atoms. The molecule has 0 aliphatic carbocycles. The van der Waals surface area contributed by atoms with Crippen LogP contribution in [-0.4, -0.2) is 58.0 Å². The van der Waals surface area contributed by atoms with Gasteiger partial charge in [-0.15, -0.1) is 0 Å². The molecule has 0 aromatic carbocycles. The quantitative estimate of drug-likeness (QED) is 0.619. The first kappa shape index (κ1) is 17.4. The van der Waals surface area contributed by atoms with E-state index in [0.717, 1.165) is 12.8 Å². The normalized spacial score (nSPS) is 13.5. The predicted molar refractivity (Wildman–Crippen MR) is 80.9 cm³/mol. The van der Waals surface area contributed by atoms with Crippen LogP contribution in [0.2, 0.25) is 0 Å². The Morgan fingerprint density at radius 3 is 2.33 bits per heavy atom. The van der Waals surface area contributed by atoms with Gasteiger partial charge < -0.3 is 20.4 Å². The van der Waals surface area contributed by atoms with Crippen molar-refractivity contribution in [2.24, 2.45) is 0 Å². The minimum Gasteiger partial charge on any atom is -0.392 e. The lowest BCUT2D eigenvalue weighted by atomic mass is 10.1. The first-order valence-corrected chi connectivity index (χ1v) is 7.27. The number of nitrogens with one attached hydrogen (secondary N) is 1. The van der Waals surface area contributed by atoms with Gasteiger partial charge in [-0.1, -0.05) is 0 Å². The van der Waals surface area contributed by atoms with Crippen molar-refractivity contribution in [1.82, 2.24) is 15.2 Å². The van der Waals surface area contributed by atoms with Crippen LogP contribution in [0.15, 0.2) is 24.5 Å². The molecule has 1 rings (SSSR count). The van der Waals surface area contributed by atoms with E-state index >= 15 is 0 Å². The predicted octanol–water partition coefficient (Wildman–Crippen LogP) is 0.787. The molecule has 0 saturated heterocycles. The summed E-state index contributed by atoms with van der Waals surface area (Å²) in [6, 6.07) is 3.65. The van der Waals surface area contributed by atoms with Gasteiger partial charge in [0.2, 0.25) is 0 Å². The molecule has 0 aliphatic rings. The van der Waals surface area contributed by atoms with E-state index in [0.29, 0.717) is 6.54 Å². The summed E-state index contributed by atoms with van der Waals surface area (Å²) in [7, 11) is 0. The number of aliphatic hydroxyl groups excluding tert-OH is 2. The lowest BCUT2D eigenvalue weighted by molar-refractivity contribution is 0.0966. The van der Waals surface area contributed by atoms with Crippen LogP contribution in [0.25, 0.3) is 0 Å². The number of rotatable bonds is 8. The second-order valence-corrected chi connectivity index (χ2v) is 5.29. The minimum absolute atomic E-state index is 0.209. The summed E-state index contributed by atoms with van der Waals surface area (Å²) in [6.07, 6.45) is 3.96. The summed E-state index contributed by atoms with van der Waals surface area (Å²) < 4.78 is 0. The van der Waals surface area contributed by atoms with E-state index in [1.54, 1.807) is 26.2 Å². The summed E-state index contributed by atoms with van der Waals surface area (Å²) in [5.74, 6) is 0. The fraction of sp³-hybridized carbons (Fsp3) is 0.600. The van der Waals surface area contributed by atoms with Gasteiger partial charge in [0, 0.05) is 32.0 Å². The molecule has 3 N–H and O–H groups in total. The van der Waals surface area contributed by atoms with Crippen molar-refractivity contribution < 1.29 is 15.0 Å². The Kier molecular flexibility index (Phi) is 7.71. The van der Waals surface area contributed by atoms with E-state index in [-0.39, 0.29) is 19.1 Å². The van der Waals surface area contributed by atoms with Crippen LogP contribution >= 0.6 is 0 Å². The number of pyridine rings is 1. The monoisotopic (exact) mass is 295 g/mol. The molecule has 1 aromatic rings. The summed E-state index contributed by atoms with van der Waals surface area (Å²) in [5.41, 5.74) is 1.18. The maximum absolute atomic E-state index is 12.0. The number of aryl methyl sites for hydroxylation is 1. The number of urea groups is 1. The highest BCUT2D eigenvalue weighted by Crippen LogP contribution is 2.01. The Hall–Kier alpha value is -1.66. The van der Waals surface area contributed by atoms with Crippen molar-refractivity contribution in [3.63, 3.8) is 0 Å². The Morgan fingerprint density at radius 2 is 1.81 bits per heavy atom. The minimum atomic E-state index is -0.619. The summed E-state index contributed by atoms with van der Waals surface area (Å²) in [5, 5.41) is 21.6. The Labute approximate surface area is 125 Å². The zero-order valence-corrected chi connectivity index (χ0v) is 12.7. The summed E-state index contributed by atoms with van der Waals surface area (Å²) in [4.78, 5) is 17.4. The molecular formula is C15H25N3O3. The molecule has 0 saturated carbocycles. The SMILES string of the molecule is CC(O)CN(CC(C)O)C(=O)NCCCc1ccncc1. The van der Waals surface area contributed by atoms with E-state index in [2.05, 4.69) is 10.3 Å². The molecule has 0 spiro atoms. The van der Waals surface area contributed by atoms with Crippen molar-refractivity contribution in [3.05, 3.63) is 30.1 Å². The number of hydrogen-bond donors (Lipinski definition) is 3. The molecular weight excluding hydrogens is 270 g/mol. The average molecular weight is 295 g/mol.